The monoisotopic (exact) mass is 434 g/mol. The molecule has 0 aliphatic rings. The predicted molar refractivity (Wildman–Crippen MR) is 89.3 cm³/mol. The van der Waals surface area contributed by atoms with Gasteiger partial charge in [0.1, 0.15) is 16.0 Å². The highest BCUT2D eigenvalue weighted by Gasteiger charge is 2.13. The third-order valence-electron chi connectivity index (χ3n) is 2.69. The number of phenolic OH excluding ortho intramolecular Hbond substituents is 2. The summed E-state index contributed by atoms with van der Waals surface area (Å²) in [6.07, 6.45) is 4.08. The van der Waals surface area contributed by atoms with E-state index in [-0.39, 0.29) is 16.0 Å². The third kappa shape index (κ3) is 3.24. The van der Waals surface area contributed by atoms with Gasteiger partial charge in [-0.2, -0.15) is 9.78 Å². The van der Waals surface area contributed by atoms with Gasteiger partial charge in [0.05, 0.1) is 10.7 Å². The molecule has 2 aromatic rings. The van der Waals surface area contributed by atoms with Crippen molar-refractivity contribution in [2.75, 3.05) is 6.26 Å². The minimum absolute atomic E-state index is 0.0620. The van der Waals surface area contributed by atoms with Gasteiger partial charge in [-0.05, 0) is 44.2 Å². The summed E-state index contributed by atoms with van der Waals surface area (Å²) in [7, 11) is 0. The summed E-state index contributed by atoms with van der Waals surface area (Å²) in [4.78, 5) is 0. The van der Waals surface area contributed by atoms with Crippen molar-refractivity contribution in [3.05, 3.63) is 26.4 Å². The lowest BCUT2D eigenvalue weighted by molar-refractivity contribution is 0.441. The van der Waals surface area contributed by atoms with Gasteiger partial charge in [0.15, 0.2) is 5.82 Å². The van der Waals surface area contributed by atoms with E-state index in [1.54, 1.807) is 10.7 Å². The van der Waals surface area contributed by atoms with Crippen LogP contribution in [0.25, 0.3) is 0 Å². The minimum Gasteiger partial charge on any atom is -0.506 e. The molecule has 0 aliphatic carbocycles. The van der Waals surface area contributed by atoms with Gasteiger partial charge >= 0.3 is 0 Å². The number of phenols is 2. The molecule has 0 saturated heterocycles. The predicted octanol–water partition coefficient (Wildman–Crippen LogP) is 3.38. The molecule has 0 atom stereocenters. The molecule has 1 heterocycles. The number of aromatic hydroxyl groups is 2. The highest BCUT2D eigenvalue weighted by Crippen LogP contribution is 2.40. The lowest BCUT2D eigenvalue weighted by Crippen LogP contribution is -1.99. The molecular formula is C12H12Br2N4O2S. The van der Waals surface area contributed by atoms with Gasteiger partial charge in [-0.15, -0.1) is 10.2 Å². The Hall–Kier alpha value is -1.06. The van der Waals surface area contributed by atoms with Crippen LogP contribution in [0.2, 0.25) is 0 Å². The highest BCUT2D eigenvalue weighted by atomic mass is 79.9. The van der Waals surface area contributed by atoms with E-state index in [4.69, 9.17) is 0 Å². The molecule has 0 amide bonds. The van der Waals surface area contributed by atoms with E-state index in [9.17, 15) is 10.2 Å². The molecule has 2 rings (SSSR count). The van der Waals surface area contributed by atoms with E-state index in [2.05, 4.69) is 47.2 Å². The van der Waals surface area contributed by atoms with Crippen molar-refractivity contribution in [1.82, 2.24) is 14.9 Å². The Kier molecular flexibility index (Phi) is 5.28. The summed E-state index contributed by atoms with van der Waals surface area (Å²) in [5, 5.41) is 32.8. The van der Waals surface area contributed by atoms with E-state index in [0.29, 0.717) is 21.6 Å². The van der Waals surface area contributed by atoms with E-state index in [0.717, 1.165) is 5.82 Å². The van der Waals surface area contributed by atoms with Crippen LogP contribution in [-0.4, -0.2) is 37.6 Å². The molecule has 112 valence electrons. The maximum atomic E-state index is 10.0. The number of benzene rings is 1. The fraction of sp³-hybridized carbons (Fsp3) is 0.250. The summed E-state index contributed by atoms with van der Waals surface area (Å²) in [6.45, 7) is 1.96. The molecule has 0 saturated carbocycles. The number of hydrogen-bond donors (Lipinski definition) is 2. The first-order valence-corrected chi connectivity index (χ1v) is 8.73. The SMILES string of the molecule is CCc1nnc(SC)n1/N=C\c1cc(Br)c(O)c(Br)c1O. The number of rotatable bonds is 4. The quantitative estimate of drug-likeness (QED) is 0.568. The second kappa shape index (κ2) is 6.80. The average Bonchev–Trinajstić information content (AvgIpc) is 2.89. The van der Waals surface area contributed by atoms with Crippen LogP contribution in [0, 0.1) is 0 Å². The Morgan fingerprint density at radius 2 is 2.05 bits per heavy atom. The van der Waals surface area contributed by atoms with Crippen LogP contribution in [0.3, 0.4) is 0 Å². The van der Waals surface area contributed by atoms with Crippen molar-refractivity contribution in [2.24, 2.45) is 5.10 Å². The molecule has 6 nitrogen and oxygen atoms in total. The number of aromatic nitrogens is 3. The normalized spacial score (nSPS) is 11.4. The van der Waals surface area contributed by atoms with Crippen LogP contribution in [0.4, 0.5) is 0 Å². The molecule has 0 radical (unpaired) electrons. The lowest BCUT2D eigenvalue weighted by atomic mass is 10.2. The first-order chi connectivity index (χ1) is 9.99. The molecule has 1 aromatic carbocycles. The number of hydrogen-bond acceptors (Lipinski definition) is 6. The molecule has 2 N–H and O–H groups in total. The zero-order valence-electron chi connectivity index (χ0n) is 11.2. The van der Waals surface area contributed by atoms with Gasteiger partial charge < -0.3 is 10.2 Å². The maximum absolute atomic E-state index is 10.0. The molecule has 0 unspecified atom stereocenters. The van der Waals surface area contributed by atoms with Crippen LogP contribution in [-0.2, 0) is 6.42 Å². The van der Waals surface area contributed by atoms with Crippen molar-refractivity contribution >= 4 is 49.8 Å². The molecule has 1 aromatic heterocycles. The van der Waals surface area contributed by atoms with Gasteiger partial charge in [0.2, 0.25) is 5.16 Å². The fourth-order valence-corrected chi connectivity index (χ4v) is 3.20. The molecular weight excluding hydrogens is 424 g/mol. The second-order valence-corrected chi connectivity index (χ2v) is 6.39. The molecule has 21 heavy (non-hydrogen) atoms. The Morgan fingerprint density at radius 1 is 1.33 bits per heavy atom. The Bertz CT molecular complexity index is 682. The van der Waals surface area contributed by atoms with E-state index in [1.165, 1.54) is 18.0 Å². The number of halogens is 2. The van der Waals surface area contributed by atoms with Gasteiger partial charge in [-0.25, -0.2) is 0 Å². The zero-order valence-corrected chi connectivity index (χ0v) is 15.2. The summed E-state index contributed by atoms with van der Waals surface area (Å²) >= 11 is 7.78. The number of nitrogens with zero attached hydrogens (tertiary/aromatic N) is 4. The fourth-order valence-electron chi connectivity index (χ4n) is 1.59. The Labute approximate surface area is 142 Å². The largest absolute Gasteiger partial charge is 0.506 e. The van der Waals surface area contributed by atoms with Crippen molar-refractivity contribution in [3.8, 4) is 11.5 Å². The van der Waals surface area contributed by atoms with Crippen molar-refractivity contribution in [3.63, 3.8) is 0 Å². The molecule has 0 spiro atoms. The third-order valence-corrected chi connectivity index (χ3v) is 4.66. The van der Waals surface area contributed by atoms with Crippen LogP contribution < -0.4 is 0 Å². The summed E-state index contributed by atoms with van der Waals surface area (Å²) < 4.78 is 2.29. The first kappa shape index (κ1) is 16.3. The molecule has 9 heteroatoms. The second-order valence-electron chi connectivity index (χ2n) is 3.97. The van der Waals surface area contributed by atoms with Gasteiger partial charge in [-0.1, -0.05) is 18.7 Å². The topological polar surface area (TPSA) is 83.5 Å². The van der Waals surface area contributed by atoms with E-state index in [1.807, 2.05) is 13.2 Å². The summed E-state index contributed by atoms with van der Waals surface area (Å²) in [5.74, 6) is 0.580. The average molecular weight is 436 g/mol. The van der Waals surface area contributed by atoms with E-state index >= 15 is 0 Å². The van der Waals surface area contributed by atoms with Crippen LogP contribution >= 0.6 is 43.6 Å². The molecule has 0 bridgehead atoms. The lowest BCUT2D eigenvalue weighted by Gasteiger charge is -2.06. The van der Waals surface area contributed by atoms with E-state index < -0.39 is 0 Å². The van der Waals surface area contributed by atoms with Crippen molar-refractivity contribution in [2.45, 2.75) is 18.5 Å². The standard InChI is InChI=1S/C12H12Br2N4O2S/c1-3-8-16-17-12(21-2)18(8)15-5-6-4-7(13)11(20)9(14)10(6)19/h4-5,19-20H,3H2,1-2H3/b15-5-. The van der Waals surface area contributed by atoms with Gasteiger partial charge in [0, 0.05) is 12.0 Å². The Morgan fingerprint density at radius 3 is 2.67 bits per heavy atom. The van der Waals surface area contributed by atoms with Gasteiger partial charge in [0.25, 0.3) is 0 Å². The van der Waals surface area contributed by atoms with Crippen LogP contribution in [0.15, 0.2) is 25.3 Å². The minimum atomic E-state index is -0.0868. The van der Waals surface area contributed by atoms with Crippen molar-refractivity contribution in [1.29, 1.82) is 0 Å². The molecule has 0 fully saturated rings. The first-order valence-electron chi connectivity index (χ1n) is 5.92. The zero-order chi connectivity index (χ0) is 15.6. The number of thioether (sulfide) groups is 1. The van der Waals surface area contributed by atoms with Crippen LogP contribution in [0.1, 0.15) is 18.3 Å². The Balaban J connectivity index is 2.45. The smallest absolute Gasteiger partial charge is 0.211 e. The maximum Gasteiger partial charge on any atom is 0.211 e. The summed E-state index contributed by atoms with van der Waals surface area (Å²) in [6, 6.07) is 1.58. The van der Waals surface area contributed by atoms with Crippen molar-refractivity contribution < 1.29 is 10.2 Å². The van der Waals surface area contributed by atoms with Gasteiger partial charge in [-0.3, -0.25) is 0 Å². The summed E-state index contributed by atoms with van der Waals surface area (Å²) in [5.41, 5.74) is 0.453. The number of aryl methyl sites for hydroxylation is 1. The van der Waals surface area contributed by atoms with Crippen LogP contribution in [0.5, 0.6) is 11.5 Å². The highest BCUT2D eigenvalue weighted by molar-refractivity contribution is 9.11. The molecule has 0 aliphatic heterocycles.